The Morgan fingerprint density at radius 2 is 2.04 bits per heavy atom. The summed E-state index contributed by atoms with van der Waals surface area (Å²) >= 11 is 0. The third kappa shape index (κ3) is 4.71. The molecule has 2 amide bonds. The molecule has 2 aliphatic rings. The molecule has 0 bridgehead atoms. The number of nitrogens with zero attached hydrogens (tertiary/aromatic N) is 4. The van der Waals surface area contributed by atoms with E-state index in [4.69, 9.17) is 4.74 Å². The van der Waals surface area contributed by atoms with Gasteiger partial charge >= 0.3 is 6.03 Å². The van der Waals surface area contributed by atoms with Gasteiger partial charge in [-0.1, -0.05) is 19.8 Å². The number of likely N-dealkylation sites (tertiary alicyclic amines) is 1. The smallest absolute Gasteiger partial charge is 0.317 e. The van der Waals surface area contributed by atoms with Crippen LogP contribution in [0.15, 0.2) is 6.33 Å². The minimum Gasteiger partial charge on any atom is -0.376 e. The predicted molar refractivity (Wildman–Crippen MR) is 95.3 cm³/mol. The number of piperidine rings is 1. The molecule has 7 heteroatoms. The summed E-state index contributed by atoms with van der Waals surface area (Å²) < 4.78 is 7.94. The minimum atomic E-state index is 0.0247. The second kappa shape index (κ2) is 8.65. The molecule has 0 unspecified atom stereocenters. The molecule has 1 aliphatic heterocycles. The van der Waals surface area contributed by atoms with Crippen molar-refractivity contribution in [2.24, 2.45) is 13.0 Å². The highest BCUT2D eigenvalue weighted by atomic mass is 16.5. The maximum atomic E-state index is 12.3. The van der Waals surface area contributed by atoms with E-state index in [0.29, 0.717) is 31.1 Å². The number of hydrogen-bond acceptors (Lipinski definition) is 4. The van der Waals surface area contributed by atoms with E-state index in [-0.39, 0.29) is 6.03 Å². The molecule has 0 aromatic carbocycles. The van der Waals surface area contributed by atoms with Crippen LogP contribution in [0, 0.1) is 5.92 Å². The van der Waals surface area contributed by atoms with Gasteiger partial charge in [-0.2, -0.15) is 0 Å². The van der Waals surface area contributed by atoms with E-state index in [9.17, 15) is 4.79 Å². The molecular formula is C18H31N5O2. The summed E-state index contributed by atoms with van der Waals surface area (Å²) in [5, 5.41) is 11.1. The van der Waals surface area contributed by atoms with Crippen molar-refractivity contribution >= 4 is 6.03 Å². The number of ether oxygens (including phenoxy) is 1. The van der Waals surface area contributed by atoms with E-state index in [1.54, 1.807) is 6.33 Å². The Bertz CT molecular complexity index is 553. The summed E-state index contributed by atoms with van der Waals surface area (Å²) in [7, 11) is 1.97. The molecule has 1 aromatic rings. The van der Waals surface area contributed by atoms with Crippen LogP contribution in [0.2, 0.25) is 0 Å². The summed E-state index contributed by atoms with van der Waals surface area (Å²) in [5.74, 6) is 2.06. The first-order valence-electron chi connectivity index (χ1n) is 9.63. The Kier molecular flexibility index (Phi) is 6.29. The molecule has 1 aliphatic carbocycles. The average molecular weight is 349 g/mol. The molecule has 2 atom stereocenters. The second-order valence-electron chi connectivity index (χ2n) is 7.46. The maximum Gasteiger partial charge on any atom is 0.317 e. The molecule has 1 saturated carbocycles. The molecule has 1 saturated heterocycles. The van der Waals surface area contributed by atoms with Gasteiger partial charge in [0.15, 0.2) is 0 Å². The fraction of sp³-hybridized carbons (Fsp3) is 0.833. The highest BCUT2D eigenvalue weighted by molar-refractivity contribution is 5.74. The van der Waals surface area contributed by atoms with Crippen molar-refractivity contribution in [1.82, 2.24) is 25.0 Å². The zero-order valence-corrected chi connectivity index (χ0v) is 15.5. The first-order chi connectivity index (χ1) is 12.1. The van der Waals surface area contributed by atoms with Crippen molar-refractivity contribution < 1.29 is 9.53 Å². The monoisotopic (exact) mass is 349 g/mol. The van der Waals surface area contributed by atoms with Crippen LogP contribution in [0.3, 0.4) is 0 Å². The van der Waals surface area contributed by atoms with Crippen LogP contribution < -0.4 is 5.32 Å². The van der Waals surface area contributed by atoms with Gasteiger partial charge in [0.05, 0.1) is 12.7 Å². The number of aryl methyl sites for hydroxylation is 1. The normalized spacial score (nSPS) is 25.1. The molecule has 0 radical (unpaired) electrons. The van der Waals surface area contributed by atoms with E-state index in [1.807, 2.05) is 16.5 Å². The van der Waals surface area contributed by atoms with Crippen molar-refractivity contribution in [2.75, 3.05) is 26.2 Å². The number of hydrogen-bond donors (Lipinski definition) is 1. The Balaban J connectivity index is 1.33. The van der Waals surface area contributed by atoms with Crippen LogP contribution in [0.1, 0.15) is 57.2 Å². The molecule has 2 fully saturated rings. The van der Waals surface area contributed by atoms with Gasteiger partial charge in [0, 0.05) is 32.6 Å². The fourth-order valence-corrected chi connectivity index (χ4v) is 4.01. The van der Waals surface area contributed by atoms with Gasteiger partial charge in [0.2, 0.25) is 0 Å². The molecule has 3 rings (SSSR count). The van der Waals surface area contributed by atoms with Gasteiger partial charge in [0.25, 0.3) is 0 Å². The number of rotatable bonds is 5. The van der Waals surface area contributed by atoms with E-state index >= 15 is 0 Å². The second-order valence-corrected chi connectivity index (χ2v) is 7.46. The van der Waals surface area contributed by atoms with Gasteiger partial charge in [-0.25, -0.2) is 4.79 Å². The van der Waals surface area contributed by atoms with Gasteiger partial charge in [-0.3, -0.25) is 0 Å². The first-order valence-corrected chi connectivity index (χ1v) is 9.63. The topological polar surface area (TPSA) is 72.3 Å². The number of aromatic nitrogens is 3. The summed E-state index contributed by atoms with van der Waals surface area (Å²) in [6, 6.07) is 0.0247. The van der Waals surface area contributed by atoms with Gasteiger partial charge in [-0.05, 0) is 31.6 Å². The lowest BCUT2D eigenvalue weighted by atomic mass is 9.88. The molecular weight excluding hydrogens is 318 g/mol. The Morgan fingerprint density at radius 3 is 2.72 bits per heavy atom. The predicted octanol–water partition coefficient (Wildman–Crippen LogP) is 2.30. The van der Waals surface area contributed by atoms with Gasteiger partial charge in [-0.15, -0.1) is 10.2 Å². The van der Waals surface area contributed by atoms with E-state index in [0.717, 1.165) is 38.2 Å². The number of urea groups is 1. The van der Waals surface area contributed by atoms with E-state index in [1.165, 1.54) is 19.3 Å². The summed E-state index contributed by atoms with van der Waals surface area (Å²) in [6.45, 7) is 5.00. The van der Waals surface area contributed by atoms with Crippen LogP contribution in [-0.4, -0.2) is 58.0 Å². The van der Waals surface area contributed by atoms with Crippen molar-refractivity contribution in [2.45, 2.75) is 57.5 Å². The van der Waals surface area contributed by atoms with Crippen molar-refractivity contribution in [3.63, 3.8) is 0 Å². The van der Waals surface area contributed by atoms with Gasteiger partial charge in [0.1, 0.15) is 12.2 Å². The minimum absolute atomic E-state index is 0.0247. The highest BCUT2D eigenvalue weighted by Crippen LogP contribution is 2.27. The van der Waals surface area contributed by atoms with Gasteiger partial charge < -0.3 is 19.5 Å². The zero-order chi connectivity index (χ0) is 17.6. The summed E-state index contributed by atoms with van der Waals surface area (Å²) in [4.78, 5) is 14.2. The number of carbonyl (C=O) groups is 1. The van der Waals surface area contributed by atoms with Crippen molar-refractivity contribution in [3.8, 4) is 0 Å². The third-order valence-corrected chi connectivity index (χ3v) is 5.64. The molecule has 25 heavy (non-hydrogen) atoms. The highest BCUT2D eigenvalue weighted by Gasteiger charge is 2.26. The number of carbonyl (C=O) groups excluding carboxylic acids is 1. The molecule has 2 heterocycles. The van der Waals surface area contributed by atoms with Crippen molar-refractivity contribution in [3.05, 3.63) is 12.2 Å². The summed E-state index contributed by atoms with van der Waals surface area (Å²) in [6.07, 6.45) is 8.99. The van der Waals surface area contributed by atoms with Crippen LogP contribution in [0.4, 0.5) is 4.79 Å². The van der Waals surface area contributed by atoms with Crippen LogP contribution in [-0.2, 0) is 11.8 Å². The quantitative estimate of drug-likeness (QED) is 0.828. The van der Waals surface area contributed by atoms with Crippen molar-refractivity contribution in [1.29, 1.82) is 0 Å². The lowest BCUT2D eigenvalue weighted by Gasteiger charge is -2.32. The molecule has 1 N–H and O–H groups in total. The zero-order valence-electron chi connectivity index (χ0n) is 15.5. The summed E-state index contributed by atoms with van der Waals surface area (Å²) in [5.41, 5.74) is 0. The Labute approximate surface area is 150 Å². The number of nitrogens with one attached hydrogen (secondary N) is 1. The fourth-order valence-electron chi connectivity index (χ4n) is 4.01. The standard InChI is InChI=1S/C18H31N5O2/c1-14-5-3-4-6-16(14)25-12-9-19-18(24)23-10-7-15(8-11-23)17-21-20-13-22(17)2/h13-16H,3-12H2,1-2H3,(H,19,24)/t14-,16+/m0/s1. The largest absolute Gasteiger partial charge is 0.376 e. The SMILES string of the molecule is C[C@H]1CCCC[C@H]1OCCNC(=O)N1CCC(c2nncn2C)CC1. The lowest BCUT2D eigenvalue weighted by molar-refractivity contribution is -0.00277. The maximum absolute atomic E-state index is 12.3. The van der Waals surface area contributed by atoms with Crippen LogP contribution >= 0.6 is 0 Å². The Morgan fingerprint density at radius 1 is 1.28 bits per heavy atom. The Hall–Kier alpha value is -1.63. The van der Waals surface area contributed by atoms with Crippen LogP contribution in [0.25, 0.3) is 0 Å². The molecule has 7 nitrogen and oxygen atoms in total. The average Bonchev–Trinajstić information content (AvgIpc) is 3.06. The van der Waals surface area contributed by atoms with Crippen LogP contribution in [0.5, 0.6) is 0 Å². The molecule has 1 aromatic heterocycles. The van der Waals surface area contributed by atoms with E-state index in [2.05, 4.69) is 22.4 Å². The number of amides is 2. The molecule has 140 valence electrons. The first kappa shape index (κ1) is 18.2. The molecule has 0 spiro atoms. The third-order valence-electron chi connectivity index (χ3n) is 5.64. The van der Waals surface area contributed by atoms with E-state index < -0.39 is 0 Å². The lowest BCUT2D eigenvalue weighted by Crippen LogP contribution is -2.45.